The Hall–Kier alpha value is -0.210. The fourth-order valence-corrected chi connectivity index (χ4v) is 2.80. The molecule has 108 valence electrons. The van der Waals surface area contributed by atoms with Crippen molar-refractivity contribution in [3.63, 3.8) is 0 Å². The zero-order valence-electron chi connectivity index (χ0n) is 11.0. The lowest BCUT2D eigenvalue weighted by Crippen LogP contribution is -2.25. The quantitative estimate of drug-likeness (QED) is 0.516. The van der Waals surface area contributed by atoms with Crippen LogP contribution >= 0.6 is 0 Å². The molecule has 0 saturated carbocycles. The van der Waals surface area contributed by atoms with Gasteiger partial charge in [-0.2, -0.15) is 8.42 Å². The standard InChI is InChI=1S/C11H23NO5S/c1-3-4-5-6-7-18(14,15)16-9-10-8-12(2)11(13)17-10/h10-11,13H,3-9H2,1-2H3/t10-,11?/m1/s1. The van der Waals surface area contributed by atoms with E-state index in [0.29, 0.717) is 13.0 Å². The van der Waals surface area contributed by atoms with Crippen LogP contribution in [-0.2, 0) is 19.0 Å². The maximum atomic E-state index is 11.6. The highest BCUT2D eigenvalue weighted by Gasteiger charge is 2.29. The molecular weight excluding hydrogens is 258 g/mol. The Morgan fingerprint density at radius 3 is 2.67 bits per heavy atom. The summed E-state index contributed by atoms with van der Waals surface area (Å²) < 4.78 is 33.1. The third-order valence-corrected chi connectivity index (χ3v) is 4.15. The van der Waals surface area contributed by atoms with Gasteiger partial charge in [0.05, 0.1) is 18.5 Å². The molecule has 1 rings (SSSR count). The van der Waals surface area contributed by atoms with Crippen molar-refractivity contribution in [3.8, 4) is 0 Å². The lowest BCUT2D eigenvalue weighted by Gasteiger charge is -2.10. The zero-order chi connectivity index (χ0) is 13.6. The minimum Gasteiger partial charge on any atom is -0.356 e. The molecule has 6 nitrogen and oxygen atoms in total. The van der Waals surface area contributed by atoms with Crippen molar-refractivity contribution in [1.29, 1.82) is 0 Å². The van der Waals surface area contributed by atoms with Gasteiger partial charge in [0.25, 0.3) is 10.1 Å². The lowest BCUT2D eigenvalue weighted by atomic mass is 10.2. The van der Waals surface area contributed by atoms with Crippen LogP contribution in [0.1, 0.15) is 32.6 Å². The number of aliphatic hydroxyl groups is 1. The summed E-state index contributed by atoms with van der Waals surface area (Å²) in [5.74, 6) is 0.0537. The minimum atomic E-state index is -3.46. The Kier molecular flexibility index (Phi) is 6.51. The van der Waals surface area contributed by atoms with E-state index < -0.39 is 22.6 Å². The summed E-state index contributed by atoms with van der Waals surface area (Å²) in [4.78, 5) is 1.59. The molecule has 1 aliphatic rings. The molecule has 0 radical (unpaired) electrons. The normalized spacial score (nSPS) is 25.7. The van der Waals surface area contributed by atoms with Gasteiger partial charge in [0.1, 0.15) is 0 Å². The first-order valence-electron chi connectivity index (χ1n) is 6.35. The molecule has 7 heteroatoms. The van der Waals surface area contributed by atoms with Gasteiger partial charge in [0.15, 0.2) is 0 Å². The van der Waals surface area contributed by atoms with Gasteiger partial charge in [-0.3, -0.25) is 9.08 Å². The molecule has 18 heavy (non-hydrogen) atoms. The average Bonchev–Trinajstić information content (AvgIpc) is 2.62. The van der Waals surface area contributed by atoms with Crippen LogP contribution < -0.4 is 0 Å². The van der Waals surface area contributed by atoms with E-state index in [4.69, 9.17) is 8.92 Å². The van der Waals surface area contributed by atoms with E-state index in [9.17, 15) is 13.5 Å². The van der Waals surface area contributed by atoms with Crippen LogP contribution in [0.3, 0.4) is 0 Å². The molecule has 0 spiro atoms. The maximum absolute atomic E-state index is 11.6. The van der Waals surface area contributed by atoms with Crippen LogP contribution in [0, 0.1) is 0 Å². The monoisotopic (exact) mass is 281 g/mol. The Balaban J connectivity index is 2.21. The molecule has 0 aliphatic carbocycles. The van der Waals surface area contributed by atoms with Gasteiger partial charge in [-0.1, -0.05) is 26.2 Å². The van der Waals surface area contributed by atoms with Gasteiger partial charge in [0, 0.05) is 6.54 Å². The van der Waals surface area contributed by atoms with E-state index in [-0.39, 0.29) is 12.4 Å². The van der Waals surface area contributed by atoms with E-state index in [1.807, 2.05) is 0 Å². The Bertz CT molecular complexity index is 322. The lowest BCUT2D eigenvalue weighted by molar-refractivity contribution is -0.146. The summed E-state index contributed by atoms with van der Waals surface area (Å²) in [6.07, 6.45) is 2.28. The predicted molar refractivity (Wildman–Crippen MR) is 67.4 cm³/mol. The van der Waals surface area contributed by atoms with Crippen LogP contribution in [-0.4, -0.2) is 56.9 Å². The maximum Gasteiger partial charge on any atom is 0.267 e. The van der Waals surface area contributed by atoms with Crippen molar-refractivity contribution in [2.24, 2.45) is 0 Å². The third kappa shape index (κ3) is 5.62. The number of likely N-dealkylation sites (N-methyl/N-ethyl adjacent to an activating group) is 1. The number of rotatable bonds is 8. The number of nitrogens with zero attached hydrogens (tertiary/aromatic N) is 1. The predicted octanol–water partition coefficient (Wildman–Crippen LogP) is 0.520. The van der Waals surface area contributed by atoms with Gasteiger partial charge in [-0.25, -0.2) is 0 Å². The molecule has 1 fully saturated rings. The average molecular weight is 281 g/mol. The first-order chi connectivity index (χ1) is 8.44. The molecule has 0 amide bonds. The molecule has 0 aromatic heterocycles. The molecule has 1 unspecified atom stereocenters. The highest BCUT2D eigenvalue weighted by Crippen LogP contribution is 2.13. The zero-order valence-corrected chi connectivity index (χ0v) is 11.9. The summed E-state index contributed by atoms with van der Waals surface area (Å²) >= 11 is 0. The number of unbranched alkanes of at least 4 members (excludes halogenated alkanes) is 3. The van der Waals surface area contributed by atoms with Crippen molar-refractivity contribution in [3.05, 3.63) is 0 Å². The van der Waals surface area contributed by atoms with Crippen molar-refractivity contribution in [2.45, 2.75) is 45.1 Å². The van der Waals surface area contributed by atoms with Crippen molar-refractivity contribution in [1.82, 2.24) is 4.90 Å². The smallest absolute Gasteiger partial charge is 0.267 e. The molecule has 1 saturated heterocycles. The molecular formula is C11H23NO5S. The third-order valence-electron chi connectivity index (χ3n) is 2.86. The number of hydrogen-bond acceptors (Lipinski definition) is 6. The van der Waals surface area contributed by atoms with Gasteiger partial charge >= 0.3 is 0 Å². The molecule has 2 atom stereocenters. The summed E-state index contributed by atoms with van der Waals surface area (Å²) in [5.41, 5.74) is 0. The molecule has 0 bridgehead atoms. The number of hydrogen-bond donors (Lipinski definition) is 1. The summed E-state index contributed by atoms with van der Waals surface area (Å²) in [7, 11) is -1.77. The minimum absolute atomic E-state index is 0.0302. The van der Waals surface area contributed by atoms with E-state index in [0.717, 1.165) is 19.3 Å². The Morgan fingerprint density at radius 1 is 1.39 bits per heavy atom. The Labute approximate surface area is 109 Å². The van der Waals surface area contributed by atoms with Crippen LogP contribution in [0.2, 0.25) is 0 Å². The van der Waals surface area contributed by atoms with E-state index in [2.05, 4.69) is 6.92 Å². The van der Waals surface area contributed by atoms with Crippen LogP contribution in [0.15, 0.2) is 0 Å². The summed E-state index contributed by atoms with van der Waals surface area (Å²) in [6, 6.07) is 0. The molecule has 0 aromatic rings. The summed E-state index contributed by atoms with van der Waals surface area (Å²) in [5, 5.41) is 9.30. The van der Waals surface area contributed by atoms with Crippen LogP contribution in [0.4, 0.5) is 0 Å². The SMILES string of the molecule is CCCCCCS(=O)(=O)OC[C@H]1CN(C)C(O)O1. The van der Waals surface area contributed by atoms with Gasteiger partial charge < -0.3 is 9.84 Å². The summed E-state index contributed by atoms with van der Waals surface area (Å²) in [6.45, 7) is 2.51. The molecule has 1 heterocycles. The second kappa shape index (κ2) is 7.40. The first kappa shape index (κ1) is 15.8. The van der Waals surface area contributed by atoms with Crippen LogP contribution in [0.25, 0.3) is 0 Å². The van der Waals surface area contributed by atoms with E-state index in [1.54, 1.807) is 11.9 Å². The topological polar surface area (TPSA) is 76.1 Å². The second-order valence-corrected chi connectivity index (χ2v) is 6.39. The highest BCUT2D eigenvalue weighted by atomic mass is 32.2. The van der Waals surface area contributed by atoms with Gasteiger partial charge in [-0.05, 0) is 13.5 Å². The van der Waals surface area contributed by atoms with Crippen LogP contribution in [0.5, 0.6) is 0 Å². The second-order valence-electron chi connectivity index (χ2n) is 4.63. The highest BCUT2D eigenvalue weighted by molar-refractivity contribution is 7.86. The van der Waals surface area contributed by atoms with Gasteiger partial charge in [0.2, 0.25) is 6.41 Å². The van der Waals surface area contributed by atoms with E-state index >= 15 is 0 Å². The largest absolute Gasteiger partial charge is 0.356 e. The van der Waals surface area contributed by atoms with Gasteiger partial charge in [-0.15, -0.1) is 0 Å². The number of ether oxygens (including phenoxy) is 1. The fourth-order valence-electron chi connectivity index (χ4n) is 1.77. The van der Waals surface area contributed by atoms with Crippen molar-refractivity contribution >= 4 is 10.1 Å². The van der Waals surface area contributed by atoms with Crippen molar-refractivity contribution in [2.75, 3.05) is 26.0 Å². The molecule has 0 aromatic carbocycles. The molecule has 1 N–H and O–H groups in total. The van der Waals surface area contributed by atoms with Crippen molar-refractivity contribution < 1.29 is 22.4 Å². The van der Waals surface area contributed by atoms with E-state index in [1.165, 1.54) is 0 Å². The molecule has 1 aliphatic heterocycles. The number of aliphatic hydroxyl groups excluding tert-OH is 1. The Morgan fingerprint density at radius 2 is 2.11 bits per heavy atom. The first-order valence-corrected chi connectivity index (χ1v) is 7.93. The fraction of sp³-hybridized carbons (Fsp3) is 1.00.